The average Bonchev–Trinajstić information content (AvgIpc) is 3.14. The number of nitrogens with two attached hydrogens (primary N) is 1. The van der Waals surface area contributed by atoms with Gasteiger partial charge >= 0.3 is 0 Å². The van der Waals surface area contributed by atoms with E-state index in [9.17, 15) is 16.8 Å². The molecule has 0 aliphatic rings. The van der Waals surface area contributed by atoms with E-state index in [0.29, 0.717) is 0 Å². The first-order valence-electron chi connectivity index (χ1n) is 7.51. The molecule has 6 nitrogen and oxygen atoms in total. The Morgan fingerprint density at radius 1 is 0.846 bits per heavy atom. The van der Waals surface area contributed by atoms with Gasteiger partial charge in [-0.25, -0.2) is 22.0 Å². The van der Waals surface area contributed by atoms with E-state index in [1.54, 1.807) is 0 Å². The number of benzene rings is 2. The smallest absolute Gasteiger partial charge is 0.225 e. The largest absolute Gasteiger partial charge is 0.241 e. The van der Waals surface area contributed by atoms with Crippen molar-refractivity contribution in [2.75, 3.05) is 0 Å². The molecule has 0 bridgehead atoms. The monoisotopic (exact) mass is 408 g/mol. The quantitative estimate of drug-likeness (QED) is 0.653. The molecule has 0 saturated carbocycles. The molecule has 136 valence electrons. The van der Waals surface area contributed by atoms with Gasteiger partial charge < -0.3 is 0 Å². The van der Waals surface area contributed by atoms with Gasteiger partial charge in [-0.1, -0.05) is 42.5 Å². The van der Waals surface area contributed by atoms with Crippen LogP contribution >= 0.6 is 11.3 Å². The second kappa shape index (κ2) is 7.29. The molecule has 0 saturated heterocycles. The van der Waals surface area contributed by atoms with Gasteiger partial charge in [-0.05, 0) is 35.2 Å². The van der Waals surface area contributed by atoms with Crippen LogP contribution in [-0.2, 0) is 20.0 Å². The molecule has 3 N–H and O–H groups in total. The second-order valence-corrected chi connectivity index (χ2v) is 9.75. The maximum Gasteiger partial charge on any atom is 0.241 e. The maximum absolute atomic E-state index is 12.8. The molecule has 3 rings (SSSR count). The molecular formula is C17H16N2O4S3. The van der Waals surface area contributed by atoms with Crippen molar-refractivity contribution < 1.29 is 16.8 Å². The van der Waals surface area contributed by atoms with Crippen molar-refractivity contribution in [2.24, 2.45) is 5.14 Å². The van der Waals surface area contributed by atoms with E-state index in [-0.39, 0.29) is 9.79 Å². The average molecular weight is 409 g/mol. The molecule has 1 heterocycles. The lowest BCUT2D eigenvalue weighted by molar-refractivity contribution is 0.573. The normalized spacial score (nSPS) is 13.4. The second-order valence-electron chi connectivity index (χ2n) is 5.50. The number of sulfonamides is 2. The van der Waals surface area contributed by atoms with Gasteiger partial charge in [0.15, 0.2) is 0 Å². The lowest BCUT2D eigenvalue weighted by Crippen LogP contribution is -2.29. The summed E-state index contributed by atoms with van der Waals surface area (Å²) in [5, 5.41) is 6.96. The van der Waals surface area contributed by atoms with Crippen LogP contribution in [0.3, 0.4) is 0 Å². The number of thiophene rings is 1. The fraction of sp³-hybridized carbons (Fsp3) is 0.0588. The highest BCUT2D eigenvalue weighted by Gasteiger charge is 2.24. The van der Waals surface area contributed by atoms with Gasteiger partial charge in [0.25, 0.3) is 0 Å². The molecule has 9 heteroatoms. The van der Waals surface area contributed by atoms with E-state index in [1.807, 2.05) is 47.8 Å². The fourth-order valence-electron chi connectivity index (χ4n) is 2.43. The highest BCUT2D eigenvalue weighted by molar-refractivity contribution is 7.90. The maximum atomic E-state index is 12.8. The van der Waals surface area contributed by atoms with Crippen molar-refractivity contribution in [1.82, 2.24) is 4.72 Å². The molecular weight excluding hydrogens is 392 g/mol. The van der Waals surface area contributed by atoms with Crippen molar-refractivity contribution in [3.63, 3.8) is 0 Å². The zero-order valence-electron chi connectivity index (χ0n) is 13.4. The number of hydrogen-bond donors (Lipinski definition) is 2. The molecule has 0 amide bonds. The van der Waals surface area contributed by atoms with Gasteiger partial charge in [-0.15, -0.1) is 11.3 Å². The summed E-state index contributed by atoms with van der Waals surface area (Å²) in [7, 11) is -7.98. The molecule has 3 aromatic rings. The number of nitrogens with one attached hydrogen (secondary N) is 1. The number of rotatable bonds is 6. The predicted octanol–water partition coefficient (Wildman–Crippen LogP) is 2.46. The van der Waals surface area contributed by atoms with Crippen LogP contribution in [0.1, 0.15) is 16.5 Å². The highest BCUT2D eigenvalue weighted by Crippen LogP contribution is 2.28. The molecule has 2 aromatic carbocycles. The summed E-state index contributed by atoms with van der Waals surface area (Å²) < 4.78 is 51.4. The van der Waals surface area contributed by atoms with Crippen LogP contribution in [0.4, 0.5) is 0 Å². The third kappa shape index (κ3) is 4.19. The Kier molecular flexibility index (Phi) is 5.26. The molecule has 1 unspecified atom stereocenters. The van der Waals surface area contributed by atoms with Crippen LogP contribution in [-0.4, -0.2) is 16.8 Å². The minimum Gasteiger partial charge on any atom is -0.225 e. The van der Waals surface area contributed by atoms with Gasteiger partial charge in [0.05, 0.1) is 15.8 Å². The van der Waals surface area contributed by atoms with Gasteiger partial charge in [0, 0.05) is 4.88 Å². The van der Waals surface area contributed by atoms with Crippen molar-refractivity contribution in [1.29, 1.82) is 0 Å². The fourth-order valence-corrected chi connectivity index (χ4v) is 5.19. The lowest BCUT2D eigenvalue weighted by Gasteiger charge is -2.18. The molecule has 0 spiro atoms. The molecule has 26 heavy (non-hydrogen) atoms. The van der Waals surface area contributed by atoms with Crippen molar-refractivity contribution in [2.45, 2.75) is 15.8 Å². The Morgan fingerprint density at radius 3 is 2.15 bits per heavy atom. The highest BCUT2D eigenvalue weighted by atomic mass is 32.2. The van der Waals surface area contributed by atoms with Crippen molar-refractivity contribution >= 4 is 31.4 Å². The molecule has 0 aliphatic heterocycles. The van der Waals surface area contributed by atoms with Gasteiger partial charge in [-0.2, -0.15) is 4.72 Å². The summed E-state index contributed by atoms with van der Waals surface area (Å²) in [6.45, 7) is 0. The Labute approximate surface area is 156 Å². The summed E-state index contributed by atoms with van der Waals surface area (Å²) in [4.78, 5) is 0.400. The van der Waals surface area contributed by atoms with Crippen LogP contribution in [0.2, 0.25) is 0 Å². The number of primary sulfonamides is 1. The Bertz CT molecular complexity index is 1090. The zero-order chi connectivity index (χ0) is 18.8. The van der Waals surface area contributed by atoms with Crippen molar-refractivity contribution in [3.8, 4) is 0 Å². The van der Waals surface area contributed by atoms with E-state index in [2.05, 4.69) is 4.72 Å². The van der Waals surface area contributed by atoms with Crippen LogP contribution < -0.4 is 9.86 Å². The molecule has 1 atom stereocenters. The summed E-state index contributed by atoms with van der Waals surface area (Å²) >= 11 is 1.43. The minimum absolute atomic E-state index is 0.165. The van der Waals surface area contributed by atoms with E-state index >= 15 is 0 Å². The van der Waals surface area contributed by atoms with Gasteiger partial charge in [0.1, 0.15) is 0 Å². The SMILES string of the molecule is NS(=O)(=O)c1cccc(S(=O)(=O)NC(c2ccccc2)c2cccs2)c1. The van der Waals surface area contributed by atoms with Gasteiger partial charge in [-0.3, -0.25) is 0 Å². The first kappa shape index (κ1) is 18.7. The van der Waals surface area contributed by atoms with Gasteiger partial charge in [0.2, 0.25) is 20.0 Å². The van der Waals surface area contributed by atoms with Crippen LogP contribution in [0.25, 0.3) is 0 Å². The first-order valence-corrected chi connectivity index (χ1v) is 11.4. The molecule has 1 aromatic heterocycles. The topological polar surface area (TPSA) is 106 Å². The van der Waals surface area contributed by atoms with Crippen LogP contribution in [0.15, 0.2) is 81.9 Å². The van der Waals surface area contributed by atoms with Crippen molar-refractivity contribution in [3.05, 3.63) is 82.6 Å². The first-order chi connectivity index (χ1) is 12.3. The summed E-state index contributed by atoms with van der Waals surface area (Å²) in [5.74, 6) is 0. The van der Waals surface area contributed by atoms with E-state index in [4.69, 9.17) is 5.14 Å². The summed E-state index contributed by atoms with van der Waals surface area (Å²) in [5.41, 5.74) is 0.779. The van der Waals surface area contributed by atoms with E-state index < -0.39 is 26.1 Å². The zero-order valence-corrected chi connectivity index (χ0v) is 15.9. The Hall–Kier alpha value is -2.04. The van der Waals surface area contributed by atoms with E-state index in [0.717, 1.165) is 16.5 Å². The predicted molar refractivity (Wildman–Crippen MR) is 101 cm³/mol. The van der Waals surface area contributed by atoms with E-state index in [1.165, 1.54) is 29.5 Å². The molecule has 0 fully saturated rings. The minimum atomic E-state index is -4.00. The number of hydrogen-bond acceptors (Lipinski definition) is 5. The standard InChI is InChI=1S/C17H16N2O4S3/c18-25(20,21)14-8-4-9-15(12-14)26(22,23)19-17(16-10-5-11-24-16)13-6-2-1-3-7-13/h1-12,17,19H,(H2,18,20,21). The third-order valence-electron chi connectivity index (χ3n) is 3.68. The Balaban J connectivity index is 2.01. The lowest BCUT2D eigenvalue weighted by atomic mass is 10.1. The summed E-state index contributed by atoms with van der Waals surface area (Å²) in [6, 6.07) is 17.2. The molecule has 0 radical (unpaired) electrons. The van der Waals surface area contributed by atoms with Crippen LogP contribution in [0, 0.1) is 0 Å². The third-order valence-corrected chi connectivity index (χ3v) is 6.95. The molecule has 0 aliphatic carbocycles. The Morgan fingerprint density at radius 2 is 1.54 bits per heavy atom. The van der Waals surface area contributed by atoms with Crippen LogP contribution in [0.5, 0.6) is 0 Å². The summed E-state index contributed by atoms with van der Waals surface area (Å²) in [6.07, 6.45) is 0.